The quantitative estimate of drug-likeness (QED) is 0.368. The van der Waals surface area contributed by atoms with Crippen LogP contribution in [-0.2, 0) is 25.8 Å². The maximum absolute atomic E-state index is 3.15. The first-order valence-corrected chi connectivity index (χ1v) is 7.58. The second-order valence-electron chi connectivity index (χ2n) is 5.16. The van der Waals surface area contributed by atoms with Crippen molar-refractivity contribution in [2.75, 3.05) is 0 Å². The standard InChI is InChI=1S/2C11H9.2ClH.Hf/c2*1-2-6-10(7-3-1)11-8-4-5-9-11;;;/h2*1-3,6-9H,4H2;2*1H;/q2*-1;;;+4/p-2. The van der Waals surface area contributed by atoms with Gasteiger partial charge in [0.25, 0.3) is 0 Å². The molecular weight excluding hydrogens is 514 g/mol. The fourth-order valence-corrected chi connectivity index (χ4v) is 2.46. The van der Waals surface area contributed by atoms with Crippen LogP contribution in [0.25, 0.3) is 11.1 Å². The van der Waals surface area contributed by atoms with E-state index in [-0.39, 0.29) is 50.7 Å². The molecule has 0 atom stereocenters. The first-order chi connectivity index (χ1) is 10.9. The normalized spacial score (nSPS) is 13.3. The monoisotopic (exact) mass is 532 g/mol. The third-order valence-corrected chi connectivity index (χ3v) is 3.61. The van der Waals surface area contributed by atoms with Crippen LogP contribution in [-0.4, -0.2) is 0 Å². The van der Waals surface area contributed by atoms with E-state index in [0.717, 1.165) is 12.8 Å². The largest absolute Gasteiger partial charge is 4.00 e. The number of halogens is 2. The molecule has 0 radical (unpaired) electrons. The van der Waals surface area contributed by atoms with Crippen molar-refractivity contribution in [3.05, 3.63) is 108 Å². The predicted octanol–water partition coefficient (Wildman–Crippen LogP) is -0.328. The molecule has 124 valence electrons. The summed E-state index contributed by atoms with van der Waals surface area (Å²) in [5, 5.41) is 0. The van der Waals surface area contributed by atoms with Crippen molar-refractivity contribution < 1.29 is 50.7 Å². The molecule has 0 saturated heterocycles. The van der Waals surface area contributed by atoms with Crippen LogP contribution < -0.4 is 24.8 Å². The van der Waals surface area contributed by atoms with Crippen molar-refractivity contribution in [2.24, 2.45) is 0 Å². The Bertz CT molecular complexity index is 664. The Hall–Kier alpha value is -1.15. The van der Waals surface area contributed by atoms with Crippen molar-refractivity contribution in [2.45, 2.75) is 12.8 Å². The number of allylic oxidation sites excluding steroid dienone is 8. The van der Waals surface area contributed by atoms with Gasteiger partial charge in [0.05, 0.1) is 0 Å². The fraction of sp³-hybridized carbons (Fsp3) is 0.0909. The summed E-state index contributed by atoms with van der Waals surface area (Å²) in [5.74, 6) is 0. The van der Waals surface area contributed by atoms with Crippen molar-refractivity contribution in [3.8, 4) is 0 Å². The maximum Gasteiger partial charge on any atom is 4.00 e. The summed E-state index contributed by atoms with van der Waals surface area (Å²) in [4.78, 5) is 0. The van der Waals surface area contributed by atoms with Crippen molar-refractivity contribution in [1.29, 1.82) is 0 Å². The molecule has 2 aromatic carbocycles. The van der Waals surface area contributed by atoms with E-state index in [0.29, 0.717) is 0 Å². The summed E-state index contributed by atoms with van der Waals surface area (Å²) in [7, 11) is 0. The Morgan fingerprint density at radius 2 is 0.920 bits per heavy atom. The van der Waals surface area contributed by atoms with Gasteiger partial charge in [-0.15, -0.1) is 24.0 Å². The van der Waals surface area contributed by atoms with Crippen LogP contribution in [0.5, 0.6) is 0 Å². The summed E-state index contributed by atoms with van der Waals surface area (Å²) in [5.41, 5.74) is 5.17. The van der Waals surface area contributed by atoms with Crippen molar-refractivity contribution in [3.63, 3.8) is 0 Å². The van der Waals surface area contributed by atoms with E-state index in [1.807, 2.05) is 12.1 Å². The van der Waals surface area contributed by atoms with Crippen LogP contribution in [0.3, 0.4) is 0 Å². The molecule has 0 saturated carbocycles. The first-order valence-electron chi connectivity index (χ1n) is 7.58. The van der Waals surface area contributed by atoms with Crippen molar-refractivity contribution in [1.82, 2.24) is 0 Å². The molecule has 0 aliphatic heterocycles. The third kappa shape index (κ3) is 7.32. The predicted molar refractivity (Wildman–Crippen MR) is 93.7 cm³/mol. The second-order valence-corrected chi connectivity index (χ2v) is 5.16. The maximum atomic E-state index is 3.15. The van der Waals surface area contributed by atoms with Crippen LogP contribution in [0, 0.1) is 12.2 Å². The van der Waals surface area contributed by atoms with Crippen LogP contribution in [0.4, 0.5) is 0 Å². The molecule has 0 spiro atoms. The zero-order valence-corrected chi connectivity index (χ0v) is 18.9. The minimum absolute atomic E-state index is 0. The molecule has 2 aromatic rings. The van der Waals surface area contributed by atoms with E-state index in [1.54, 1.807) is 0 Å². The van der Waals surface area contributed by atoms with Crippen LogP contribution in [0.15, 0.2) is 85.0 Å². The number of rotatable bonds is 2. The molecule has 2 aliphatic rings. The van der Waals surface area contributed by atoms with Gasteiger partial charge in [-0.05, 0) is 0 Å². The second kappa shape index (κ2) is 13.1. The van der Waals surface area contributed by atoms with Crippen LogP contribution in [0.2, 0.25) is 0 Å². The van der Waals surface area contributed by atoms with Gasteiger partial charge in [0.1, 0.15) is 0 Å². The number of hydrogen-bond donors (Lipinski definition) is 0. The summed E-state index contributed by atoms with van der Waals surface area (Å²) in [6.45, 7) is 0. The molecular formula is C22H18Cl2Hf. The average Bonchev–Trinajstić information content (AvgIpc) is 3.31. The molecule has 0 amide bonds. The molecule has 0 unspecified atom stereocenters. The number of benzene rings is 2. The van der Waals surface area contributed by atoms with E-state index < -0.39 is 0 Å². The van der Waals surface area contributed by atoms with E-state index in [2.05, 4.69) is 85.0 Å². The van der Waals surface area contributed by atoms with Gasteiger partial charge in [0.2, 0.25) is 0 Å². The molecule has 0 fully saturated rings. The van der Waals surface area contributed by atoms with Crippen molar-refractivity contribution >= 4 is 11.1 Å². The van der Waals surface area contributed by atoms with E-state index in [9.17, 15) is 0 Å². The van der Waals surface area contributed by atoms with Gasteiger partial charge in [-0.2, -0.15) is 23.3 Å². The summed E-state index contributed by atoms with van der Waals surface area (Å²) in [6.07, 6.45) is 16.7. The van der Waals surface area contributed by atoms with Gasteiger partial charge in [-0.3, -0.25) is 12.2 Å². The Balaban J connectivity index is 0.000000411. The van der Waals surface area contributed by atoms with Gasteiger partial charge in [-0.1, -0.05) is 60.7 Å². The third-order valence-electron chi connectivity index (χ3n) is 3.61. The molecule has 0 heterocycles. The summed E-state index contributed by atoms with van der Waals surface area (Å²) in [6, 6.07) is 20.8. The van der Waals surface area contributed by atoms with E-state index >= 15 is 0 Å². The zero-order valence-electron chi connectivity index (χ0n) is 13.8. The Morgan fingerprint density at radius 1 is 0.560 bits per heavy atom. The van der Waals surface area contributed by atoms with Gasteiger partial charge < -0.3 is 24.8 Å². The molecule has 0 bridgehead atoms. The smallest absolute Gasteiger partial charge is 1.00 e. The molecule has 0 aromatic heterocycles. The molecule has 0 nitrogen and oxygen atoms in total. The first kappa shape index (κ1) is 23.9. The Kier molecular flexibility index (Phi) is 12.5. The Labute approximate surface area is 182 Å². The SMILES string of the molecule is [C-]1=CC(c2ccccc2)=CC1.[C-]1=CC(c2ccccc2)=CC1.[Cl-].[Cl-].[Hf+4]. The summed E-state index contributed by atoms with van der Waals surface area (Å²) >= 11 is 0. The van der Waals surface area contributed by atoms with Crippen LogP contribution >= 0.6 is 0 Å². The van der Waals surface area contributed by atoms with Gasteiger partial charge in [0, 0.05) is 0 Å². The van der Waals surface area contributed by atoms with Gasteiger partial charge >= 0.3 is 25.8 Å². The molecule has 0 N–H and O–H groups in total. The summed E-state index contributed by atoms with van der Waals surface area (Å²) < 4.78 is 0. The zero-order chi connectivity index (χ0) is 15.0. The van der Waals surface area contributed by atoms with Gasteiger partial charge in [0.15, 0.2) is 0 Å². The van der Waals surface area contributed by atoms with Crippen LogP contribution in [0.1, 0.15) is 24.0 Å². The van der Waals surface area contributed by atoms with E-state index in [4.69, 9.17) is 0 Å². The molecule has 3 heteroatoms. The minimum atomic E-state index is 0. The topological polar surface area (TPSA) is 0 Å². The van der Waals surface area contributed by atoms with E-state index in [1.165, 1.54) is 22.3 Å². The fourth-order valence-electron chi connectivity index (χ4n) is 2.46. The Morgan fingerprint density at radius 3 is 1.20 bits per heavy atom. The number of hydrogen-bond acceptors (Lipinski definition) is 0. The molecule has 2 aliphatic carbocycles. The van der Waals surface area contributed by atoms with Gasteiger partial charge in [-0.25, -0.2) is 12.2 Å². The molecule has 25 heavy (non-hydrogen) atoms. The molecule has 4 rings (SSSR count). The minimum Gasteiger partial charge on any atom is -1.00 e. The average molecular weight is 532 g/mol.